The molecule has 0 aromatic heterocycles. The molecule has 0 spiro atoms. The van der Waals surface area contributed by atoms with Crippen molar-refractivity contribution >= 4 is 0 Å². The first kappa shape index (κ1) is 10.5. The van der Waals surface area contributed by atoms with Crippen LogP contribution in [0.5, 0.6) is 0 Å². The van der Waals surface area contributed by atoms with Gasteiger partial charge in [-0.3, -0.25) is 0 Å². The van der Waals surface area contributed by atoms with Gasteiger partial charge in [0.2, 0.25) is 0 Å². The lowest BCUT2D eigenvalue weighted by Crippen LogP contribution is -2.28. The molecule has 0 rings (SSSR count). The maximum absolute atomic E-state index is 5.06. The fraction of sp³-hybridized carbons (Fsp3) is 0.778. The van der Waals surface area contributed by atoms with E-state index in [0.29, 0.717) is 6.54 Å². The van der Waals surface area contributed by atoms with Gasteiger partial charge in [0.05, 0.1) is 6.54 Å². The smallest absolute Gasteiger partial charge is 0.0574 e. The van der Waals surface area contributed by atoms with E-state index < -0.39 is 0 Å². The molecular formula is C9H18N2. The molecule has 0 aliphatic rings. The van der Waals surface area contributed by atoms with Gasteiger partial charge in [-0.2, -0.15) is 0 Å². The van der Waals surface area contributed by atoms with Crippen LogP contribution >= 0.6 is 0 Å². The largest absolute Gasteiger partial charge is 0.315 e. The molecule has 0 fully saturated rings. The number of unbranched alkanes of at least 4 members (excludes halogenated alkanes) is 1. The average molecular weight is 154 g/mol. The predicted molar refractivity (Wildman–Crippen MR) is 49.5 cm³/mol. The van der Waals surface area contributed by atoms with Crippen LogP contribution in [0.4, 0.5) is 0 Å². The van der Waals surface area contributed by atoms with E-state index in [9.17, 15) is 0 Å². The first-order chi connectivity index (χ1) is 5.41. The van der Waals surface area contributed by atoms with Crippen molar-refractivity contribution in [2.24, 2.45) is 0 Å². The van der Waals surface area contributed by atoms with Crippen LogP contribution in [-0.2, 0) is 0 Å². The van der Waals surface area contributed by atoms with E-state index in [1.807, 2.05) is 0 Å². The Hall–Kier alpha value is -0.520. The predicted octanol–water partition coefficient (Wildman–Crippen LogP) is 0.599. The van der Waals surface area contributed by atoms with E-state index in [2.05, 4.69) is 23.5 Å². The summed E-state index contributed by atoms with van der Waals surface area (Å²) in [5.74, 6) is 2.53. The summed E-state index contributed by atoms with van der Waals surface area (Å²) in [6.45, 7) is 5.97. The highest BCUT2D eigenvalue weighted by atomic mass is 14.9. The Morgan fingerprint density at radius 2 is 1.91 bits per heavy atom. The second kappa shape index (κ2) is 9.48. The Morgan fingerprint density at radius 1 is 1.18 bits per heavy atom. The van der Waals surface area contributed by atoms with Gasteiger partial charge in [0.25, 0.3) is 0 Å². The van der Waals surface area contributed by atoms with E-state index >= 15 is 0 Å². The van der Waals surface area contributed by atoms with Crippen molar-refractivity contribution in [1.29, 1.82) is 0 Å². The van der Waals surface area contributed by atoms with E-state index in [1.54, 1.807) is 0 Å². The minimum atomic E-state index is 0.676. The SMILES string of the molecule is C#CCNCCNCCCC. The van der Waals surface area contributed by atoms with Crippen LogP contribution < -0.4 is 10.6 Å². The van der Waals surface area contributed by atoms with Crippen LogP contribution in [-0.4, -0.2) is 26.2 Å². The van der Waals surface area contributed by atoms with Gasteiger partial charge in [0.15, 0.2) is 0 Å². The molecule has 0 aromatic rings. The van der Waals surface area contributed by atoms with Gasteiger partial charge in [-0.05, 0) is 13.0 Å². The molecule has 11 heavy (non-hydrogen) atoms. The molecule has 0 atom stereocenters. The quantitative estimate of drug-likeness (QED) is 0.414. The fourth-order valence-electron chi connectivity index (χ4n) is 0.764. The van der Waals surface area contributed by atoms with E-state index in [1.165, 1.54) is 12.8 Å². The Bertz CT molecular complexity index is 105. The van der Waals surface area contributed by atoms with Crippen molar-refractivity contribution < 1.29 is 0 Å². The van der Waals surface area contributed by atoms with Gasteiger partial charge in [-0.1, -0.05) is 19.3 Å². The van der Waals surface area contributed by atoms with Crippen LogP contribution in [0.3, 0.4) is 0 Å². The van der Waals surface area contributed by atoms with Crippen molar-refractivity contribution in [2.45, 2.75) is 19.8 Å². The van der Waals surface area contributed by atoms with E-state index in [4.69, 9.17) is 6.42 Å². The van der Waals surface area contributed by atoms with Gasteiger partial charge < -0.3 is 10.6 Å². The van der Waals surface area contributed by atoms with Crippen LogP contribution in [0.25, 0.3) is 0 Å². The number of terminal acetylenes is 1. The van der Waals surface area contributed by atoms with Gasteiger partial charge in [0, 0.05) is 13.1 Å². The standard InChI is InChI=1S/C9H18N2/c1-3-5-7-11-9-8-10-6-4-2/h2,10-11H,3,5-9H2,1H3. The summed E-state index contributed by atoms with van der Waals surface area (Å²) in [6, 6.07) is 0. The summed E-state index contributed by atoms with van der Waals surface area (Å²) in [5.41, 5.74) is 0. The summed E-state index contributed by atoms with van der Waals surface area (Å²) in [7, 11) is 0. The second-order valence-electron chi connectivity index (χ2n) is 2.48. The van der Waals surface area contributed by atoms with Crippen LogP contribution in [0.1, 0.15) is 19.8 Å². The van der Waals surface area contributed by atoms with Crippen LogP contribution in [0.15, 0.2) is 0 Å². The zero-order valence-corrected chi connectivity index (χ0v) is 7.32. The summed E-state index contributed by atoms with van der Waals surface area (Å²) in [6.07, 6.45) is 7.57. The molecule has 0 aromatic carbocycles. The summed E-state index contributed by atoms with van der Waals surface area (Å²) in [5, 5.41) is 6.43. The molecule has 0 radical (unpaired) electrons. The molecular weight excluding hydrogens is 136 g/mol. The van der Waals surface area contributed by atoms with Crippen molar-refractivity contribution in [3.05, 3.63) is 0 Å². The third-order valence-corrected chi connectivity index (χ3v) is 1.41. The monoisotopic (exact) mass is 154 g/mol. The number of rotatable bonds is 7. The second-order valence-corrected chi connectivity index (χ2v) is 2.48. The van der Waals surface area contributed by atoms with Crippen molar-refractivity contribution in [2.75, 3.05) is 26.2 Å². The molecule has 0 saturated carbocycles. The topological polar surface area (TPSA) is 24.1 Å². The van der Waals surface area contributed by atoms with Crippen molar-refractivity contribution in [3.63, 3.8) is 0 Å². The third kappa shape index (κ3) is 9.48. The molecule has 0 aliphatic carbocycles. The van der Waals surface area contributed by atoms with Crippen LogP contribution in [0, 0.1) is 12.3 Å². The first-order valence-corrected chi connectivity index (χ1v) is 4.26. The molecule has 64 valence electrons. The molecule has 2 N–H and O–H groups in total. The van der Waals surface area contributed by atoms with Crippen molar-refractivity contribution in [3.8, 4) is 12.3 Å². The molecule has 0 saturated heterocycles. The summed E-state index contributed by atoms with van der Waals surface area (Å²) < 4.78 is 0. The molecule has 0 amide bonds. The molecule has 0 bridgehead atoms. The average Bonchev–Trinajstić information content (AvgIpc) is 2.03. The molecule has 2 heteroatoms. The van der Waals surface area contributed by atoms with E-state index in [0.717, 1.165) is 19.6 Å². The lowest BCUT2D eigenvalue weighted by Gasteiger charge is -2.02. The highest BCUT2D eigenvalue weighted by Crippen LogP contribution is 1.80. The van der Waals surface area contributed by atoms with E-state index in [-0.39, 0.29) is 0 Å². The zero-order chi connectivity index (χ0) is 8.36. The lowest BCUT2D eigenvalue weighted by atomic mass is 10.3. The maximum Gasteiger partial charge on any atom is 0.0574 e. The summed E-state index contributed by atoms with van der Waals surface area (Å²) in [4.78, 5) is 0. The van der Waals surface area contributed by atoms with Crippen LogP contribution in [0.2, 0.25) is 0 Å². The first-order valence-electron chi connectivity index (χ1n) is 4.26. The number of hydrogen-bond donors (Lipinski definition) is 2. The van der Waals surface area contributed by atoms with Gasteiger partial charge in [-0.15, -0.1) is 6.42 Å². The fourth-order valence-corrected chi connectivity index (χ4v) is 0.764. The summed E-state index contributed by atoms with van der Waals surface area (Å²) >= 11 is 0. The normalized spacial score (nSPS) is 9.45. The van der Waals surface area contributed by atoms with Gasteiger partial charge in [0.1, 0.15) is 0 Å². The minimum Gasteiger partial charge on any atom is -0.315 e. The number of nitrogens with one attached hydrogen (secondary N) is 2. The van der Waals surface area contributed by atoms with Gasteiger partial charge in [-0.25, -0.2) is 0 Å². The van der Waals surface area contributed by atoms with Crippen molar-refractivity contribution in [1.82, 2.24) is 10.6 Å². The Labute approximate surface area is 69.8 Å². The Kier molecular flexibility index (Phi) is 9.03. The molecule has 0 unspecified atom stereocenters. The highest BCUT2D eigenvalue weighted by molar-refractivity contribution is 4.86. The molecule has 0 heterocycles. The number of hydrogen-bond acceptors (Lipinski definition) is 2. The third-order valence-electron chi connectivity index (χ3n) is 1.41. The highest BCUT2D eigenvalue weighted by Gasteiger charge is 1.84. The lowest BCUT2D eigenvalue weighted by molar-refractivity contribution is 0.611. The Balaban J connectivity index is 2.75. The zero-order valence-electron chi connectivity index (χ0n) is 7.32. The maximum atomic E-state index is 5.06. The van der Waals surface area contributed by atoms with Gasteiger partial charge >= 0.3 is 0 Å². The molecule has 2 nitrogen and oxygen atoms in total. The Morgan fingerprint density at radius 3 is 2.55 bits per heavy atom. The molecule has 0 aliphatic heterocycles. The minimum absolute atomic E-state index is 0.676.